The Bertz CT molecular complexity index is 1710. The molecule has 2 atom stereocenters. The summed E-state index contributed by atoms with van der Waals surface area (Å²) >= 11 is 0. The fourth-order valence-electron chi connectivity index (χ4n) is 6.95. The molecule has 0 fully saturated rings. The highest BCUT2D eigenvalue weighted by atomic mass is 16.5. The highest BCUT2D eigenvalue weighted by Crippen LogP contribution is 2.43. The van der Waals surface area contributed by atoms with E-state index in [2.05, 4.69) is 104 Å². The molecule has 0 aromatic carbocycles. The first-order valence-corrected chi connectivity index (χ1v) is 19.7. The van der Waals surface area contributed by atoms with Crippen LogP contribution in [-0.2, 0) is 23.9 Å². The Labute approximate surface area is 332 Å². The molecule has 0 saturated carbocycles. The quantitative estimate of drug-likeness (QED) is 0.106. The summed E-state index contributed by atoms with van der Waals surface area (Å²) in [5, 5.41) is 0. The molecule has 2 aliphatic carbocycles. The van der Waals surface area contributed by atoms with Gasteiger partial charge in [0.25, 0.3) is 0 Å². The van der Waals surface area contributed by atoms with Crippen LogP contribution >= 0.6 is 0 Å². The van der Waals surface area contributed by atoms with Gasteiger partial charge in [-0.25, -0.2) is 0 Å². The smallest absolute Gasteiger partial charge is 0.306 e. The second-order valence-corrected chi connectivity index (χ2v) is 16.3. The standard InChI is InChI=1S/C48H68N2O5/c1-34(19-13-21-36(3)25-27-41-38(5)31-40(32-47(41,7)8)54-44(51)23-15-29-49)17-11-12-18-35(2)20-14-22-37(4)26-28-42-39(6)46(53)43(33-48(42,9)10)55-45(52)24-16-30-50/h11-14,17-22,25-28,40,43H,15-16,23-24,29-33,49-50H2,1-10H3/b12-11+,19-13+,20-14+,27-25+,28-26+,34-17+,35-18+,36-21+,37-22+. The molecule has 0 aliphatic heterocycles. The van der Waals surface area contributed by atoms with Gasteiger partial charge in [-0.2, -0.15) is 0 Å². The minimum absolute atomic E-state index is 0.0834. The lowest BCUT2D eigenvalue weighted by Crippen LogP contribution is -2.39. The normalized spacial score (nSPS) is 21.7. The number of esters is 2. The first-order chi connectivity index (χ1) is 25.9. The number of carbonyl (C=O) groups excluding carboxylic acids is 3. The number of Topliss-reactive ketones (excluding diaryl/α,β-unsaturated/α-hetero) is 1. The topological polar surface area (TPSA) is 122 Å². The summed E-state index contributed by atoms with van der Waals surface area (Å²) in [7, 11) is 0. The largest absolute Gasteiger partial charge is 0.462 e. The summed E-state index contributed by atoms with van der Waals surface area (Å²) in [4.78, 5) is 37.3. The van der Waals surface area contributed by atoms with Crippen molar-refractivity contribution in [3.63, 3.8) is 0 Å². The summed E-state index contributed by atoms with van der Waals surface area (Å²) in [5.74, 6) is -0.652. The summed E-state index contributed by atoms with van der Waals surface area (Å²) in [6.07, 6.45) is 32.0. The van der Waals surface area contributed by atoms with Crippen molar-refractivity contribution in [3.05, 3.63) is 130 Å². The van der Waals surface area contributed by atoms with Crippen molar-refractivity contribution in [2.45, 2.75) is 126 Å². The van der Waals surface area contributed by atoms with Crippen molar-refractivity contribution in [1.82, 2.24) is 0 Å². The molecule has 0 aromatic rings. The zero-order valence-electron chi connectivity index (χ0n) is 35.3. The maximum Gasteiger partial charge on any atom is 0.306 e. The van der Waals surface area contributed by atoms with Crippen LogP contribution in [0, 0.1) is 10.8 Å². The van der Waals surface area contributed by atoms with Gasteiger partial charge in [0.05, 0.1) is 0 Å². The van der Waals surface area contributed by atoms with Crippen LogP contribution in [0.2, 0.25) is 0 Å². The van der Waals surface area contributed by atoms with E-state index < -0.39 is 6.10 Å². The first-order valence-electron chi connectivity index (χ1n) is 19.7. The Morgan fingerprint density at radius 1 is 0.655 bits per heavy atom. The fourth-order valence-corrected chi connectivity index (χ4v) is 6.95. The Morgan fingerprint density at radius 2 is 1.09 bits per heavy atom. The summed E-state index contributed by atoms with van der Waals surface area (Å²) < 4.78 is 11.3. The second kappa shape index (κ2) is 22.9. The van der Waals surface area contributed by atoms with Gasteiger partial charge in [0, 0.05) is 25.7 Å². The van der Waals surface area contributed by atoms with Crippen molar-refractivity contribution in [2.24, 2.45) is 22.3 Å². The van der Waals surface area contributed by atoms with Crippen LogP contribution in [0.5, 0.6) is 0 Å². The molecule has 2 unspecified atom stereocenters. The SMILES string of the molecule is CC1=C(/C=C/C(C)=C/C=C/C(C)=C/C=C/C=C(C)/C=C/C=C(C)/C=C/C2=C(C)C(=O)C(OC(=O)CCCN)CC2(C)C)C(C)(C)CC(OC(=O)CCCN)C1. The number of ether oxygens (including phenoxy) is 2. The third-order valence-electron chi connectivity index (χ3n) is 9.99. The molecule has 300 valence electrons. The molecule has 0 saturated heterocycles. The van der Waals surface area contributed by atoms with Crippen molar-refractivity contribution in [2.75, 3.05) is 13.1 Å². The van der Waals surface area contributed by atoms with E-state index in [1.807, 2.05) is 50.3 Å². The lowest BCUT2D eigenvalue weighted by molar-refractivity contribution is -0.156. The minimum Gasteiger partial charge on any atom is -0.462 e. The zero-order valence-corrected chi connectivity index (χ0v) is 35.3. The van der Waals surface area contributed by atoms with Crippen LogP contribution in [0.1, 0.15) is 114 Å². The van der Waals surface area contributed by atoms with E-state index in [1.54, 1.807) is 0 Å². The third kappa shape index (κ3) is 16.5. The lowest BCUT2D eigenvalue weighted by atomic mass is 9.71. The van der Waals surface area contributed by atoms with Gasteiger partial charge in [0.1, 0.15) is 6.10 Å². The third-order valence-corrected chi connectivity index (χ3v) is 9.99. The highest BCUT2D eigenvalue weighted by molar-refractivity contribution is 6.01. The van der Waals surface area contributed by atoms with E-state index in [4.69, 9.17) is 20.9 Å². The van der Waals surface area contributed by atoms with Crippen LogP contribution < -0.4 is 11.5 Å². The molecule has 0 amide bonds. The Kier molecular flexibility index (Phi) is 19.5. The van der Waals surface area contributed by atoms with E-state index in [0.29, 0.717) is 44.3 Å². The molecule has 7 nitrogen and oxygen atoms in total. The van der Waals surface area contributed by atoms with Crippen LogP contribution in [-0.4, -0.2) is 43.0 Å². The van der Waals surface area contributed by atoms with E-state index >= 15 is 0 Å². The maximum atomic E-state index is 13.0. The molecular weight excluding hydrogens is 685 g/mol. The van der Waals surface area contributed by atoms with Crippen LogP contribution in [0.3, 0.4) is 0 Å². The number of carbonyl (C=O) groups is 3. The molecule has 0 bridgehead atoms. The van der Waals surface area contributed by atoms with Gasteiger partial charge >= 0.3 is 11.9 Å². The number of hydrogen-bond acceptors (Lipinski definition) is 7. The Morgan fingerprint density at radius 3 is 1.58 bits per heavy atom. The predicted octanol–water partition coefficient (Wildman–Crippen LogP) is 10.3. The van der Waals surface area contributed by atoms with E-state index in [-0.39, 0.29) is 41.1 Å². The molecule has 0 aromatic heterocycles. The molecule has 0 radical (unpaired) electrons. The van der Waals surface area contributed by atoms with Gasteiger partial charge in [0.2, 0.25) is 0 Å². The minimum atomic E-state index is -0.747. The van der Waals surface area contributed by atoms with E-state index in [9.17, 15) is 14.4 Å². The monoisotopic (exact) mass is 753 g/mol. The molecule has 7 heteroatoms. The molecule has 0 spiro atoms. The number of nitrogens with two attached hydrogens (primary N) is 2. The molecule has 2 rings (SSSR count). The molecule has 2 aliphatic rings. The number of hydrogen-bond donors (Lipinski definition) is 2. The molecular formula is C48H68N2O5. The number of ketones is 1. The van der Waals surface area contributed by atoms with Crippen molar-refractivity contribution < 1.29 is 23.9 Å². The first kappa shape index (κ1) is 46.8. The average molecular weight is 753 g/mol. The lowest BCUT2D eigenvalue weighted by Gasteiger charge is -2.37. The summed E-state index contributed by atoms with van der Waals surface area (Å²) in [5.41, 5.74) is 19.3. The van der Waals surface area contributed by atoms with E-state index in [1.165, 1.54) is 11.1 Å². The highest BCUT2D eigenvalue weighted by Gasteiger charge is 2.40. The fraction of sp³-hybridized carbons (Fsp3) is 0.479. The van der Waals surface area contributed by atoms with Gasteiger partial charge in [-0.15, -0.1) is 0 Å². The van der Waals surface area contributed by atoms with Gasteiger partial charge in [0.15, 0.2) is 11.9 Å². The van der Waals surface area contributed by atoms with Crippen LogP contribution in [0.25, 0.3) is 0 Å². The average Bonchev–Trinajstić information content (AvgIpc) is 3.09. The van der Waals surface area contributed by atoms with Crippen molar-refractivity contribution in [3.8, 4) is 0 Å². The molecule has 4 N–H and O–H groups in total. The van der Waals surface area contributed by atoms with Crippen molar-refractivity contribution >= 4 is 17.7 Å². The summed E-state index contributed by atoms with van der Waals surface area (Å²) in [6.45, 7) is 21.7. The van der Waals surface area contributed by atoms with Crippen LogP contribution in [0.4, 0.5) is 0 Å². The van der Waals surface area contributed by atoms with Gasteiger partial charge in [-0.1, -0.05) is 141 Å². The molecule has 0 heterocycles. The molecule has 55 heavy (non-hydrogen) atoms. The Balaban J connectivity index is 1.94. The predicted molar refractivity (Wildman–Crippen MR) is 229 cm³/mol. The van der Waals surface area contributed by atoms with Crippen LogP contribution in [0.15, 0.2) is 130 Å². The van der Waals surface area contributed by atoms with Gasteiger partial charge < -0.3 is 20.9 Å². The van der Waals surface area contributed by atoms with Gasteiger partial charge in [-0.3, -0.25) is 14.4 Å². The zero-order chi connectivity index (χ0) is 41.2. The number of allylic oxidation sites excluding steroid dienone is 20. The van der Waals surface area contributed by atoms with E-state index in [0.717, 1.165) is 40.7 Å². The van der Waals surface area contributed by atoms with Crippen molar-refractivity contribution in [1.29, 1.82) is 0 Å². The van der Waals surface area contributed by atoms with Gasteiger partial charge in [-0.05, 0) is 101 Å². The summed E-state index contributed by atoms with van der Waals surface area (Å²) in [6, 6.07) is 0. The Hall–Kier alpha value is -4.33. The number of rotatable bonds is 18. The second-order valence-electron chi connectivity index (χ2n) is 16.3. The maximum absolute atomic E-state index is 13.0.